The summed E-state index contributed by atoms with van der Waals surface area (Å²) in [5.74, 6) is -0.342. The van der Waals surface area contributed by atoms with E-state index in [4.69, 9.17) is 5.10 Å². The Hall–Kier alpha value is -2.53. The predicted molar refractivity (Wildman–Crippen MR) is 118 cm³/mol. The maximum atomic E-state index is 14.6. The zero-order valence-electron chi connectivity index (χ0n) is 17.6. The van der Waals surface area contributed by atoms with Crippen LogP contribution in [0.25, 0.3) is 0 Å². The minimum absolute atomic E-state index is 0.0541. The second kappa shape index (κ2) is 9.52. The minimum atomic E-state index is -0.404. The Balaban J connectivity index is 1.59. The average molecular weight is 408 g/mol. The van der Waals surface area contributed by atoms with E-state index in [0.717, 1.165) is 30.7 Å². The fourth-order valence-electron chi connectivity index (χ4n) is 4.72. The largest absolute Gasteiger partial charge is 0.292 e. The Bertz CT molecular complexity index is 892. The number of amides is 1. The van der Waals surface area contributed by atoms with Crippen molar-refractivity contribution in [1.82, 2.24) is 9.91 Å². The molecule has 2 aliphatic rings. The average Bonchev–Trinajstić information content (AvgIpc) is 3.24. The molecular formula is C25H30FN3O. The molecule has 0 saturated heterocycles. The number of carbonyl (C=O) groups excluding carboxylic acids is 1. The molecule has 0 radical (unpaired) electrons. The molecule has 5 heteroatoms. The van der Waals surface area contributed by atoms with Gasteiger partial charge in [0.1, 0.15) is 5.82 Å². The zero-order valence-corrected chi connectivity index (χ0v) is 17.6. The van der Waals surface area contributed by atoms with Crippen molar-refractivity contribution in [2.75, 3.05) is 13.1 Å². The quantitative estimate of drug-likeness (QED) is 0.663. The van der Waals surface area contributed by atoms with E-state index in [1.165, 1.54) is 30.3 Å². The Morgan fingerprint density at radius 1 is 1.07 bits per heavy atom. The highest BCUT2D eigenvalue weighted by atomic mass is 19.1. The normalized spacial score (nSPS) is 19.9. The number of benzene rings is 2. The molecule has 0 aromatic heterocycles. The molecule has 1 atom stereocenters. The number of hydrogen-bond acceptors (Lipinski definition) is 3. The van der Waals surface area contributed by atoms with Gasteiger partial charge in [0.25, 0.3) is 5.91 Å². The molecule has 4 nitrogen and oxygen atoms in total. The van der Waals surface area contributed by atoms with Crippen LogP contribution in [0.3, 0.4) is 0 Å². The van der Waals surface area contributed by atoms with Crippen LogP contribution in [-0.4, -0.2) is 40.7 Å². The van der Waals surface area contributed by atoms with Crippen LogP contribution < -0.4 is 0 Å². The van der Waals surface area contributed by atoms with Crippen LogP contribution >= 0.6 is 0 Å². The van der Waals surface area contributed by atoms with Crippen LogP contribution in [0.5, 0.6) is 0 Å². The summed E-state index contributed by atoms with van der Waals surface area (Å²) < 4.78 is 14.6. The highest BCUT2D eigenvalue weighted by Gasteiger charge is 2.35. The molecule has 158 valence electrons. The summed E-state index contributed by atoms with van der Waals surface area (Å²) in [4.78, 5) is 15.7. The van der Waals surface area contributed by atoms with Crippen molar-refractivity contribution in [2.24, 2.45) is 5.10 Å². The van der Waals surface area contributed by atoms with E-state index in [9.17, 15) is 9.18 Å². The smallest absolute Gasteiger partial charge is 0.257 e. The van der Waals surface area contributed by atoms with Crippen LogP contribution in [0.4, 0.5) is 4.39 Å². The fraction of sp³-hybridized carbons (Fsp3) is 0.440. The van der Waals surface area contributed by atoms with Gasteiger partial charge in [-0.05, 0) is 31.0 Å². The van der Waals surface area contributed by atoms with Crippen molar-refractivity contribution in [3.05, 3.63) is 71.5 Å². The lowest BCUT2D eigenvalue weighted by molar-refractivity contribution is -0.135. The van der Waals surface area contributed by atoms with Gasteiger partial charge in [0.15, 0.2) is 0 Å². The summed E-state index contributed by atoms with van der Waals surface area (Å²) in [5.41, 5.74) is 2.34. The second-order valence-electron chi connectivity index (χ2n) is 8.25. The maximum Gasteiger partial charge on any atom is 0.257 e. The van der Waals surface area contributed by atoms with Gasteiger partial charge in [-0.15, -0.1) is 0 Å². The van der Waals surface area contributed by atoms with Gasteiger partial charge < -0.3 is 0 Å². The Labute approximate surface area is 178 Å². The van der Waals surface area contributed by atoms with E-state index in [2.05, 4.69) is 11.8 Å². The van der Waals surface area contributed by atoms with Crippen molar-refractivity contribution in [2.45, 2.75) is 57.5 Å². The van der Waals surface area contributed by atoms with Crippen LogP contribution in [0, 0.1) is 5.82 Å². The predicted octanol–water partition coefficient (Wildman–Crippen LogP) is 5.16. The number of likely N-dealkylation sites (N-methyl/N-ethyl adjacent to an activating group) is 1. The topological polar surface area (TPSA) is 35.9 Å². The molecule has 1 fully saturated rings. The first kappa shape index (κ1) is 20.7. The van der Waals surface area contributed by atoms with E-state index in [1.807, 2.05) is 36.4 Å². The number of hydrogen-bond donors (Lipinski definition) is 0. The van der Waals surface area contributed by atoms with Crippen molar-refractivity contribution >= 4 is 11.6 Å². The van der Waals surface area contributed by atoms with Crippen LogP contribution in [0.1, 0.15) is 62.6 Å². The van der Waals surface area contributed by atoms with Crippen molar-refractivity contribution < 1.29 is 9.18 Å². The Morgan fingerprint density at radius 3 is 2.47 bits per heavy atom. The first-order chi connectivity index (χ1) is 14.7. The lowest BCUT2D eigenvalue weighted by Crippen LogP contribution is -2.44. The van der Waals surface area contributed by atoms with Crippen LogP contribution in [-0.2, 0) is 4.79 Å². The van der Waals surface area contributed by atoms with Gasteiger partial charge in [-0.1, -0.05) is 74.7 Å². The minimum Gasteiger partial charge on any atom is -0.292 e. The van der Waals surface area contributed by atoms with E-state index in [-0.39, 0.29) is 11.7 Å². The number of carbonyl (C=O) groups is 1. The van der Waals surface area contributed by atoms with E-state index in [0.29, 0.717) is 24.6 Å². The van der Waals surface area contributed by atoms with Crippen molar-refractivity contribution in [3.63, 3.8) is 0 Å². The molecule has 0 spiro atoms. The van der Waals surface area contributed by atoms with Gasteiger partial charge in [-0.3, -0.25) is 9.69 Å². The van der Waals surface area contributed by atoms with Gasteiger partial charge in [-0.25, -0.2) is 9.40 Å². The molecule has 1 aliphatic carbocycles. The first-order valence-corrected chi connectivity index (χ1v) is 11.1. The summed E-state index contributed by atoms with van der Waals surface area (Å²) in [6.07, 6.45) is 6.56. The van der Waals surface area contributed by atoms with Gasteiger partial charge in [0, 0.05) is 18.0 Å². The van der Waals surface area contributed by atoms with Crippen molar-refractivity contribution in [1.29, 1.82) is 0 Å². The third-order valence-electron chi connectivity index (χ3n) is 6.37. The molecule has 30 heavy (non-hydrogen) atoms. The standard InChI is InChI=1S/C25H30FN3O/c1-2-28(20-13-7-4-8-14-20)18-25(30)29-24(21-15-9-10-16-22(21)26)17-23(27-29)19-11-5-3-6-12-19/h3,5-6,9-12,15-16,20,24H,2,4,7-8,13-14,17-18H2,1H3. The summed E-state index contributed by atoms with van der Waals surface area (Å²) in [6.45, 7) is 3.28. The summed E-state index contributed by atoms with van der Waals surface area (Å²) >= 11 is 0. The third kappa shape index (κ3) is 4.46. The molecule has 1 saturated carbocycles. The highest BCUT2D eigenvalue weighted by Crippen LogP contribution is 2.34. The van der Waals surface area contributed by atoms with Gasteiger partial charge in [0.05, 0.1) is 18.3 Å². The molecule has 1 unspecified atom stereocenters. The molecule has 4 rings (SSSR count). The molecular weight excluding hydrogens is 377 g/mol. The number of halogens is 1. The molecule has 1 heterocycles. The maximum absolute atomic E-state index is 14.6. The molecule has 0 N–H and O–H groups in total. The molecule has 2 aromatic carbocycles. The number of nitrogens with zero attached hydrogens (tertiary/aromatic N) is 3. The third-order valence-corrected chi connectivity index (χ3v) is 6.37. The number of rotatable bonds is 6. The lowest BCUT2D eigenvalue weighted by atomic mass is 9.94. The van der Waals surface area contributed by atoms with Crippen molar-refractivity contribution in [3.8, 4) is 0 Å². The lowest BCUT2D eigenvalue weighted by Gasteiger charge is -2.34. The van der Waals surface area contributed by atoms with Gasteiger partial charge in [0.2, 0.25) is 0 Å². The van der Waals surface area contributed by atoms with Gasteiger partial charge >= 0.3 is 0 Å². The number of hydrazone groups is 1. The Morgan fingerprint density at radius 2 is 1.77 bits per heavy atom. The summed E-state index contributed by atoms with van der Waals surface area (Å²) in [6, 6.07) is 16.6. The first-order valence-electron chi connectivity index (χ1n) is 11.1. The van der Waals surface area contributed by atoms with Crippen LogP contribution in [0.2, 0.25) is 0 Å². The summed E-state index contributed by atoms with van der Waals surface area (Å²) in [7, 11) is 0. The molecule has 1 aliphatic heterocycles. The SMILES string of the molecule is CCN(CC(=O)N1N=C(c2ccccc2)CC1c1ccccc1F)C1CCCCC1. The van der Waals surface area contributed by atoms with Crippen LogP contribution in [0.15, 0.2) is 59.7 Å². The van der Waals surface area contributed by atoms with E-state index in [1.54, 1.807) is 12.1 Å². The molecule has 0 bridgehead atoms. The highest BCUT2D eigenvalue weighted by molar-refractivity contribution is 6.03. The fourth-order valence-corrected chi connectivity index (χ4v) is 4.72. The summed E-state index contributed by atoms with van der Waals surface area (Å²) in [5, 5.41) is 6.23. The molecule has 2 aromatic rings. The Kier molecular flexibility index (Phi) is 6.58. The van der Waals surface area contributed by atoms with Gasteiger partial charge in [-0.2, -0.15) is 5.10 Å². The van der Waals surface area contributed by atoms with E-state index < -0.39 is 6.04 Å². The zero-order chi connectivity index (χ0) is 20.9. The second-order valence-corrected chi connectivity index (χ2v) is 8.25. The monoisotopic (exact) mass is 407 g/mol. The van der Waals surface area contributed by atoms with E-state index >= 15 is 0 Å². The molecule has 1 amide bonds.